The van der Waals surface area contributed by atoms with Crippen molar-refractivity contribution in [1.29, 1.82) is 0 Å². The van der Waals surface area contributed by atoms with Crippen LogP contribution < -0.4 is 5.32 Å². The highest BCUT2D eigenvalue weighted by atomic mass is 32.2. The molecule has 1 saturated heterocycles. The smallest absolute Gasteiger partial charge is 0.170 e. The average Bonchev–Trinajstić information content (AvgIpc) is 2.83. The summed E-state index contributed by atoms with van der Waals surface area (Å²) in [5.41, 5.74) is 0. The van der Waals surface area contributed by atoms with Crippen LogP contribution in [0.15, 0.2) is 0 Å². The number of rotatable bonds is 5. The summed E-state index contributed by atoms with van der Waals surface area (Å²) in [6, 6.07) is 0.576. The van der Waals surface area contributed by atoms with Crippen molar-refractivity contribution >= 4 is 9.84 Å². The van der Waals surface area contributed by atoms with Crippen molar-refractivity contribution < 1.29 is 17.9 Å². The predicted molar refractivity (Wildman–Crippen MR) is 77.5 cm³/mol. The van der Waals surface area contributed by atoms with Gasteiger partial charge in [0.25, 0.3) is 0 Å². The third kappa shape index (κ3) is 3.92. The van der Waals surface area contributed by atoms with Gasteiger partial charge in [0.05, 0.1) is 19.0 Å². The zero-order chi connectivity index (χ0) is 14.8. The van der Waals surface area contributed by atoms with Crippen LogP contribution in [0, 0.1) is 0 Å². The molecule has 7 heteroatoms. The number of hydrogen-bond acceptors (Lipinski definition) is 6. The Morgan fingerprint density at radius 3 is 2.55 bits per heavy atom. The van der Waals surface area contributed by atoms with Crippen molar-refractivity contribution in [1.82, 2.24) is 10.2 Å². The van der Waals surface area contributed by atoms with Crippen LogP contribution in [0.4, 0.5) is 0 Å². The molecular weight excluding hydrogens is 280 g/mol. The Morgan fingerprint density at radius 2 is 2.00 bits per heavy atom. The van der Waals surface area contributed by atoms with Crippen molar-refractivity contribution in [2.45, 2.75) is 37.1 Å². The van der Waals surface area contributed by atoms with Gasteiger partial charge < -0.3 is 19.7 Å². The SMILES string of the molecule is CNC1CCC2(CC1N(C)CCS(C)(=O)=O)OCCO2. The quantitative estimate of drug-likeness (QED) is 0.762. The highest BCUT2D eigenvalue weighted by Crippen LogP contribution is 2.37. The zero-order valence-corrected chi connectivity index (χ0v) is 13.4. The van der Waals surface area contributed by atoms with E-state index in [1.54, 1.807) is 0 Å². The maximum Gasteiger partial charge on any atom is 0.170 e. The molecular formula is C13H26N2O4S. The molecule has 2 atom stereocenters. The van der Waals surface area contributed by atoms with Gasteiger partial charge in [-0.15, -0.1) is 0 Å². The van der Waals surface area contributed by atoms with E-state index in [0.29, 0.717) is 25.8 Å². The zero-order valence-electron chi connectivity index (χ0n) is 12.6. The van der Waals surface area contributed by atoms with Crippen LogP contribution in [0.1, 0.15) is 19.3 Å². The van der Waals surface area contributed by atoms with Gasteiger partial charge in [-0.1, -0.05) is 0 Å². The molecule has 1 aliphatic heterocycles. The number of sulfone groups is 1. The Balaban J connectivity index is 2.00. The molecule has 0 radical (unpaired) electrons. The molecule has 2 fully saturated rings. The number of likely N-dealkylation sites (N-methyl/N-ethyl adjacent to an activating group) is 2. The molecule has 1 N–H and O–H groups in total. The third-order valence-electron chi connectivity index (χ3n) is 4.39. The molecule has 2 aliphatic rings. The van der Waals surface area contributed by atoms with E-state index in [1.807, 2.05) is 14.1 Å². The van der Waals surface area contributed by atoms with E-state index in [0.717, 1.165) is 19.3 Å². The summed E-state index contributed by atoms with van der Waals surface area (Å²) >= 11 is 0. The van der Waals surface area contributed by atoms with E-state index < -0.39 is 15.6 Å². The Hall–Kier alpha value is -0.210. The molecule has 20 heavy (non-hydrogen) atoms. The first-order valence-electron chi connectivity index (χ1n) is 7.18. The van der Waals surface area contributed by atoms with Gasteiger partial charge >= 0.3 is 0 Å². The lowest BCUT2D eigenvalue weighted by atomic mass is 9.85. The van der Waals surface area contributed by atoms with Gasteiger partial charge in [-0.3, -0.25) is 0 Å². The number of ether oxygens (including phenoxy) is 2. The Morgan fingerprint density at radius 1 is 1.35 bits per heavy atom. The van der Waals surface area contributed by atoms with Crippen LogP contribution in [0.2, 0.25) is 0 Å². The standard InChI is InChI=1S/C13H26N2O4S/c1-14-11-4-5-13(18-7-8-19-13)10-12(11)15(2)6-9-20(3,16)17/h11-12,14H,4-10H2,1-3H3. The van der Waals surface area contributed by atoms with Crippen LogP contribution >= 0.6 is 0 Å². The summed E-state index contributed by atoms with van der Waals surface area (Å²) < 4.78 is 34.3. The van der Waals surface area contributed by atoms with E-state index in [9.17, 15) is 8.42 Å². The Bertz CT molecular complexity index is 420. The summed E-state index contributed by atoms with van der Waals surface area (Å²) in [5, 5.41) is 3.34. The summed E-state index contributed by atoms with van der Waals surface area (Å²) in [6.45, 7) is 1.85. The third-order valence-corrected chi connectivity index (χ3v) is 5.31. The molecule has 1 aliphatic carbocycles. The van der Waals surface area contributed by atoms with E-state index in [-0.39, 0.29) is 11.8 Å². The normalized spacial score (nSPS) is 30.2. The molecule has 118 valence electrons. The summed E-state index contributed by atoms with van der Waals surface area (Å²) in [4.78, 5) is 2.12. The summed E-state index contributed by atoms with van der Waals surface area (Å²) in [5.74, 6) is -0.261. The average molecular weight is 306 g/mol. The molecule has 1 heterocycles. The molecule has 0 aromatic carbocycles. The minimum Gasteiger partial charge on any atom is -0.347 e. The minimum absolute atomic E-state index is 0.186. The van der Waals surface area contributed by atoms with Crippen molar-refractivity contribution in [3.05, 3.63) is 0 Å². The van der Waals surface area contributed by atoms with Crippen molar-refractivity contribution in [3.63, 3.8) is 0 Å². The van der Waals surface area contributed by atoms with Gasteiger partial charge in [0.15, 0.2) is 5.79 Å². The molecule has 1 saturated carbocycles. The van der Waals surface area contributed by atoms with Gasteiger partial charge in [-0.05, 0) is 20.5 Å². The van der Waals surface area contributed by atoms with Crippen LogP contribution in [0.5, 0.6) is 0 Å². The fourth-order valence-electron chi connectivity index (χ4n) is 3.17. The van der Waals surface area contributed by atoms with E-state index in [2.05, 4.69) is 10.2 Å². The lowest BCUT2D eigenvalue weighted by Gasteiger charge is -2.44. The van der Waals surface area contributed by atoms with Crippen LogP contribution in [0.25, 0.3) is 0 Å². The molecule has 6 nitrogen and oxygen atoms in total. The first-order valence-corrected chi connectivity index (χ1v) is 9.24. The second-order valence-corrected chi connectivity index (χ2v) is 8.18. The fourth-order valence-corrected chi connectivity index (χ4v) is 3.78. The van der Waals surface area contributed by atoms with Gasteiger partial charge in [0.2, 0.25) is 0 Å². The summed E-state index contributed by atoms with van der Waals surface area (Å²) in [7, 11) is 1.00. The largest absolute Gasteiger partial charge is 0.347 e. The molecule has 0 bridgehead atoms. The Labute approximate surface area is 121 Å². The fraction of sp³-hybridized carbons (Fsp3) is 1.00. The molecule has 1 spiro atoms. The highest BCUT2D eigenvalue weighted by Gasteiger charge is 2.45. The number of nitrogens with one attached hydrogen (secondary N) is 1. The Kier molecular flexibility index (Phi) is 5.07. The molecule has 0 aromatic rings. The van der Waals surface area contributed by atoms with Crippen LogP contribution in [-0.2, 0) is 19.3 Å². The lowest BCUT2D eigenvalue weighted by molar-refractivity contribution is -0.191. The van der Waals surface area contributed by atoms with E-state index in [1.165, 1.54) is 6.26 Å². The maximum absolute atomic E-state index is 11.3. The summed E-state index contributed by atoms with van der Waals surface area (Å²) in [6.07, 6.45) is 3.94. The predicted octanol–water partition coefficient (Wildman–Crippen LogP) is -0.154. The second kappa shape index (κ2) is 6.27. The van der Waals surface area contributed by atoms with Crippen LogP contribution in [0.3, 0.4) is 0 Å². The first-order chi connectivity index (χ1) is 9.35. The molecule has 2 unspecified atom stereocenters. The first kappa shape index (κ1) is 16.2. The van der Waals surface area contributed by atoms with Gasteiger partial charge in [-0.2, -0.15) is 0 Å². The molecule has 2 rings (SSSR count). The van der Waals surface area contributed by atoms with Gasteiger partial charge in [0, 0.05) is 37.7 Å². The van der Waals surface area contributed by atoms with Crippen molar-refractivity contribution in [3.8, 4) is 0 Å². The van der Waals surface area contributed by atoms with Crippen LogP contribution in [-0.4, -0.2) is 77.1 Å². The van der Waals surface area contributed by atoms with E-state index >= 15 is 0 Å². The number of nitrogens with zero attached hydrogens (tertiary/aromatic N) is 1. The topological polar surface area (TPSA) is 67.9 Å². The van der Waals surface area contributed by atoms with Gasteiger partial charge in [0.1, 0.15) is 9.84 Å². The second-order valence-electron chi connectivity index (χ2n) is 5.92. The van der Waals surface area contributed by atoms with E-state index in [4.69, 9.17) is 9.47 Å². The minimum atomic E-state index is -2.93. The number of hydrogen-bond donors (Lipinski definition) is 1. The van der Waals surface area contributed by atoms with Gasteiger partial charge in [-0.25, -0.2) is 8.42 Å². The lowest BCUT2D eigenvalue weighted by Crippen LogP contribution is -2.56. The molecule has 0 aromatic heterocycles. The van der Waals surface area contributed by atoms with Crippen molar-refractivity contribution in [2.24, 2.45) is 0 Å². The highest BCUT2D eigenvalue weighted by molar-refractivity contribution is 7.90. The molecule has 0 amide bonds. The monoisotopic (exact) mass is 306 g/mol. The maximum atomic E-state index is 11.3. The van der Waals surface area contributed by atoms with Crippen molar-refractivity contribution in [2.75, 3.05) is 45.9 Å².